The highest BCUT2D eigenvalue weighted by molar-refractivity contribution is 9.12. The van der Waals surface area contributed by atoms with Crippen LogP contribution in [0.4, 0.5) is 11.4 Å². The van der Waals surface area contributed by atoms with Crippen LogP contribution in [0.3, 0.4) is 0 Å². The van der Waals surface area contributed by atoms with Gasteiger partial charge in [0.1, 0.15) is 17.1 Å². The van der Waals surface area contributed by atoms with E-state index in [-0.39, 0.29) is 11.2 Å². The van der Waals surface area contributed by atoms with Gasteiger partial charge in [-0.2, -0.15) is 0 Å². The molecule has 0 bridgehead atoms. The maximum absolute atomic E-state index is 12.3. The van der Waals surface area contributed by atoms with E-state index in [0.29, 0.717) is 10.2 Å². The SMILES string of the molecule is COC1=CC(=C2C=C3[NH+](c4ccccc42)c2ccccc2C3(C)C)C=C(Br)C1=O. The van der Waals surface area contributed by atoms with Crippen LogP contribution in [0.5, 0.6) is 0 Å². The topological polar surface area (TPSA) is 30.7 Å². The van der Waals surface area contributed by atoms with Gasteiger partial charge in [0.15, 0.2) is 5.76 Å². The Hall–Kier alpha value is -2.69. The molecule has 1 atom stereocenters. The van der Waals surface area contributed by atoms with E-state index >= 15 is 0 Å². The van der Waals surface area contributed by atoms with E-state index in [1.807, 2.05) is 12.2 Å². The van der Waals surface area contributed by atoms with Crippen LogP contribution in [0.15, 0.2) is 88.3 Å². The highest BCUT2D eigenvalue weighted by atomic mass is 79.9. The molecule has 4 heteroatoms. The molecule has 0 amide bonds. The molecule has 0 spiro atoms. The normalized spacial score (nSPS) is 24.1. The fourth-order valence-corrected chi connectivity index (χ4v) is 5.11. The quantitative estimate of drug-likeness (QED) is 0.677. The number of methoxy groups -OCH3 is 1. The van der Waals surface area contributed by atoms with Crippen molar-refractivity contribution in [3.63, 3.8) is 0 Å². The molecule has 3 nitrogen and oxygen atoms in total. The Labute approximate surface area is 178 Å². The lowest BCUT2D eigenvalue weighted by Crippen LogP contribution is -3.00. The van der Waals surface area contributed by atoms with Crippen molar-refractivity contribution < 1.29 is 14.4 Å². The Morgan fingerprint density at radius 1 is 0.931 bits per heavy atom. The third-order valence-corrected chi connectivity index (χ3v) is 6.72. The smallest absolute Gasteiger partial charge is 0.234 e. The molecule has 0 radical (unpaired) electrons. The standard InChI is InChI=1S/C25H20BrNO2/c1-25(2)18-9-5-7-11-21(18)27-20-10-6-4-8-16(20)17(14-23(25)27)15-12-19(26)24(28)22(13-15)29-3/h4-14H,1-3H3/p+1. The lowest BCUT2D eigenvalue weighted by atomic mass is 9.81. The second kappa shape index (κ2) is 6.41. The highest BCUT2D eigenvalue weighted by Crippen LogP contribution is 2.45. The van der Waals surface area contributed by atoms with Crippen molar-refractivity contribution in [3.8, 4) is 0 Å². The van der Waals surface area contributed by atoms with E-state index in [2.05, 4.69) is 84.4 Å². The number of hydrogen-bond acceptors (Lipinski definition) is 2. The minimum absolute atomic E-state index is 0.0928. The summed E-state index contributed by atoms with van der Waals surface area (Å²) < 4.78 is 5.85. The van der Waals surface area contributed by atoms with Crippen LogP contribution in [0.2, 0.25) is 0 Å². The molecule has 29 heavy (non-hydrogen) atoms. The number of Topliss-reactive ketones (excluding diaryl/α,β-unsaturated/α-hetero) is 1. The molecule has 144 valence electrons. The number of allylic oxidation sites excluding steroid dienone is 7. The van der Waals surface area contributed by atoms with Crippen molar-refractivity contribution in [2.45, 2.75) is 19.3 Å². The zero-order chi connectivity index (χ0) is 20.3. The van der Waals surface area contributed by atoms with Crippen LogP contribution in [0, 0.1) is 0 Å². The van der Waals surface area contributed by atoms with Gasteiger partial charge in [-0.3, -0.25) is 4.79 Å². The van der Waals surface area contributed by atoms with Crippen LogP contribution in [0.1, 0.15) is 25.0 Å². The minimum atomic E-state index is -0.130. The van der Waals surface area contributed by atoms with Gasteiger partial charge in [0, 0.05) is 34.9 Å². The maximum Gasteiger partial charge on any atom is 0.234 e. The Bertz CT molecular complexity index is 1200. The molecule has 3 aliphatic rings. The predicted octanol–water partition coefficient (Wildman–Crippen LogP) is 4.87. The summed E-state index contributed by atoms with van der Waals surface area (Å²) in [4.78, 5) is 13.6. The van der Waals surface area contributed by atoms with Crippen LogP contribution in [-0.2, 0) is 14.9 Å². The van der Waals surface area contributed by atoms with Gasteiger partial charge in [-0.15, -0.1) is 0 Å². The number of quaternary nitrogens is 1. The summed E-state index contributed by atoms with van der Waals surface area (Å²) in [6.45, 7) is 4.57. The van der Waals surface area contributed by atoms with Gasteiger partial charge < -0.3 is 4.74 Å². The van der Waals surface area contributed by atoms with Crippen molar-refractivity contribution in [1.82, 2.24) is 0 Å². The molecule has 2 heterocycles. The van der Waals surface area contributed by atoms with E-state index in [0.717, 1.165) is 11.1 Å². The van der Waals surface area contributed by atoms with Gasteiger partial charge in [-0.25, -0.2) is 4.90 Å². The van der Waals surface area contributed by atoms with Crippen LogP contribution in [0.25, 0.3) is 5.57 Å². The number of carbonyl (C=O) groups is 1. The van der Waals surface area contributed by atoms with Gasteiger partial charge in [0.05, 0.1) is 17.0 Å². The van der Waals surface area contributed by atoms with Gasteiger partial charge in [-0.1, -0.05) is 30.3 Å². The van der Waals surface area contributed by atoms with E-state index in [1.54, 1.807) is 0 Å². The van der Waals surface area contributed by atoms with E-state index in [1.165, 1.54) is 40.2 Å². The summed E-state index contributed by atoms with van der Waals surface area (Å²) in [5.74, 6) is 0.218. The Morgan fingerprint density at radius 3 is 2.38 bits per heavy atom. The molecule has 1 unspecified atom stereocenters. The number of ether oxygens (including phenoxy) is 1. The summed E-state index contributed by atoms with van der Waals surface area (Å²) in [6, 6.07) is 17.2. The number of rotatable bonds is 1. The minimum Gasteiger partial charge on any atom is -0.493 e. The number of halogens is 1. The molecule has 0 fully saturated rings. The first-order valence-electron chi connectivity index (χ1n) is 9.64. The van der Waals surface area contributed by atoms with Crippen LogP contribution in [-0.4, -0.2) is 12.9 Å². The molecule has 1 N–H and O–H groups in total. The van der Waals surface area contributed by atoms with Crippen LogP contribution >= 0.6 is 15.9 Å². The number of para-hydroxylation sites is 2. The van der Waals surface area contributed by atoms with E-state index in [4.69, 9.17) is 4.74 Å². The summed E-state index contributed by atoms with van der Waals surface area (Å²) in [5, 5.41) is 0. The van der Waals surface area contributed by atoms with Crippen molar-refractivity contribution in [3.05, 3.63) is 99.4 Å². The molecular formula is C25H21BrNO2+. The number of fused-ring (bicyclic) bond motifs is 5. The fraction of sp³-hybridized carbons (Fsp3) is 0.160. The van der Waals surface area contributed by atoms with E-state index in [9.17, 15) is 4.79 Å². The number of hydrogen-bond donors (Lipinski definition) is 1. The predicted molar refractivity (Wildman–Crippen MR) is 118 cm³/mol. The van der Waals surface area contributed by atoms with Gasteiger partial charge in [0.2, 0.25) is 5.78 Å². The molecule has 0 saturated carbocycles. The number of carbonyl (C=O) groups excluding carboxylic acids is 1. The van der Waals surface area contributed by atoms with Crippen molar-refractivity contribution in [2.75, 3.05) is 7.11 Å². The molecule has 1 aliphatic carbocycles. The highest BCUT2D eigenvalue weighted by Gasteiger charge is 2.49. The first kappa shape index (κ1) is 18.3. The summed E-state index contributed by atoms with van der Waals surface area (Å²) >= 11 is 3.41. The van der Waals surface area contributed by atoms with E-state index < -0.39 is 0 Å². The lowest BCUT2D eigenvalue weighted by molar-refractivity contribution is -0.713. The monoisotopic (exact) mass is 446 g/mol. The third-order valence-electron chi connectivity index (χ3n) is 6.13. The zero-order valence-corrected chi connectivity index (χ0v) is 18.1. The van der Waals surface area contributed by atoms with Gasteiger partial charge in [-0.05, 0) is 53.6 Å². The second-order valence-electron chi connectivity index (χ2n) is 8.05. The van der Waals surface area contributed by atoms with Gasteiger partial charge >= 0.3 is 0 Å². The Morgan fingerprint density at radius 2 is 1.62 bits per heavy atom. The van der Waals surface area contributed by atoms with Crippen LogP contribution < -0.4 is 4.90 Å². The number of ketones is 1. The van der Waals surface area contributed by atoms with Crippen molar-refractivity contribution in [1.29, 1.82) is 0 Å². The Kier molecular flexibility index (Phi) is 4.05. The first-order valence-corrected chi connectivity index (χ1v) is 10.4. The second-order valence-corrected chi connectivity index (χ2v) is 8.91. The van der Waals surface area contributed by atoms with Gasteiger partial charge in [0.25, 0.3) is 0 Å². The average molecular weight is 447 g/mol. The lowest BCUT2D eigenvalue weighted by Gasteiger charge is -2.28. The molecule has 2 aromatic carbocycles. The molecule has 2 aromatic rings. The molecule has 5 rings (SSSR count). The van der Waals surface area contributed by atoms with Crippen molar-refractivity contribution >= 4 is 38.7 Å². The first-order chi connectivity index (χ1) is 13.9. The van der Waals surface area contributed by atoms with Crippen molar-refractivity contribution in [2.24, 2.45) is 0 Å². The average Bonchev–Trinajstić information content (AvgIpc) is 2.97. The maximum atomic E-state index is 12.3. The fourth-order valence-electron chi connectivity index (χ4n) is 4.66. The summed E-state index contributed by atoms with van der Waals surface area (Å²) in [7, 11) is 1.54. The Balaban J connectivity index is 1.83. The largest absolute Gasteiger partial charge is 0.493 e. The summed E-state index contributed by atoms with van der Waals surface area (Å²) in [6.07, 6.45) is 6.04. The zero-order valence-electron chi connectivity index (χ0n) is 16.5. The summed E-state index contributed by atoms with van der Waals surface area (Å²) in [5.41, 5.74) is 8.37. The molecular weight excluding hydrogens is 426 g/mol. The third kappa shape index (κ3) is 2.56. The number of benzene rings is 2. The number of nitrogens with one attached hydrogen (secondary N) is 1. The molecule has 0 saturated heterocycles. The molecule has 2 aliphatic heterocycles. The molecule has 0 aromatic heterocycles.